The highest BCUT2D eigenvalue weighted by Gasteiger charge is 2.36. The van der Waals surface area contributed by atoms with E-state index in [0.717, 1.165) is 66.9 Å². The van der Waals surface area contributed by atoms with Crippen LogP contribution in [0, 0.1) is 17.1 Å². The minimum Gasteiger partial charge on any atom is -0.375 e. The summed E-state index contributed by atoms with van der Waals surface area (Å²) in [4.78, 5) is 0. The van der Waals surface area contributed by atoms with Crippen molar-refractivity contribution in [3.05, 3.63) is 34.2 Å². The standard InChI is InChI=1S/C21H26BrFN2O/c1-3-7-21(26-10-4-2)8-5-16(6-9-21)25-14-18(22)17-11-15(13-24)19(23)12-20(17)25/h11-12,14,16H,3-10H2,1-2H3. The van der Waals surface area contributed by atoms with E-state index in [4.69, 9.17) is 10.00 Å². The zero-order valence-corrected chi connectivity index (χ0v) is 17.1. The first-order chi connectivity index (χ1) is 12.5. The SMILES string of the molecule is CCCOC1(CCC)CCC(n2cc(Br)c3cc(C#N)c(F)cc32)CC1. The molecule has 1 fully saturated rings. The van der Waals surface area contributed by atoms with Gasteiger partial charge in [0.2, 0.25) is 0 Å². The topological polar surface area (TPSA) is 38.0 Å². The number of ether oxygens (including phenoxy) is 1. The zero-order valence-electron chi connectivity index (χ0n) is 15.5. The summed E-state index contributed by atoms with van der Waals surface area (Å²) in [6, 6.07) is 5.40. The molecule has 0 bridgehead atoms. The summed E-state index contributed by atoms with van der Waals surface area (Å²) >= 11 is 3.58. The summed E-state index contributed by atoms with van der Waals surface area (Å²) in [7, 11) is 0. The molecule has 0 radical (unpaired) electrons. The van der Waals surface area contributed by atoms with Crippen LogP contribution in [0.3, 0.4) is 0 Å². The van der Waals surface area contributed by atoms with Crippen LogP contribution in [0.4, 0.5) is 4.39 Å². The maximum absolute atomic E-state index is 14.2. The van der Waals surface area contributed by atoms with Crippen molar-refractivity contribution in [1.82, 2.24) is 4.57 Å². The molecule has 0 spiro atoms. The van der Waals surface area contributed by atoms with Crippen LogP contribution in [-0.2, 0) is 4.74 Å². The highest BCUT2D eigenvalue weighted by molar-refractivity contribution is 9.10. The van der Waals surface area contributed by atoms with Gasteiger partial charge < -0.3 is 9.30 Å². The monoisotopic (exact) mass is 420 g/mol. The van der Waals surface area contributed by atoms with Gasteiger partial charge in [0, 0.05) is 28.7 Å². The van der Waals surface area contributed by atoms with E-state index in [1.807, 2.05) is 12.3 Å². The molecule has 0 unspecified atom stereocenters. The minimum atomic E-state index is -0.450. The van der Waals surface area contributed by atoms with Crippen molar-refractivity contribution in [3.63, 3.8) is 0 Å². The van der Waals surface area contributed by atoms with Crippen LogP contribution >= 0.6 is 15.9 Å². The van der Waals surface area contributed by atoms with E-state index in [0.29, 0.717) is 6.04 Å². The number of benzene rings is 1. The van der Waals surface area contributed by atoms with Crippen LogP contribution in [0.5, 0.6) is 0 Å². The number of rotatable bonds is 6. The molecule has 26 heavy (non-hydrogen) atoms. The van der Waals surface area contributed by atoms with E-state index < -0.39 is 5.82 Å². The largest absolute Gasteiger partial charge is 0.375 e. The highest BCUT2D eigenvalue weighted by Crippen LogP contribution is 2.42. The first-order valence-electron chi connectivity index (χ1n) is 9.57. The average molecular weight is 421 g/mol. The normalized spacial score (nSPS) is 23.3. The van der Waals surface area contributed by atoms with Gasteiger partial charge in [0.05, 0.1) is 16.7 Å². The fourth-order valence-electron chi connectivity index (χ4n) is 4.26. The van der Waals surface area contributed by atoms with Crippen LogP contribution in [-0.4, -0.2) is 16.8 Å². The number of fused-ring (bicyclic) bond motifs is 1. The third kappa shape index (κ3) is 3.68. The summed E-state index contributed by atoms with van der Waals surface area (Å²) in [5.41, 5.74) is 0.964. The Labute approximate surface area is 163 Å². The Kier molecular flexibility index (Phi) is 6.04. The van der Waals surface area contributed by atoms with E-state index in [2.05, 4.69) is 34.3 Å². The van der Waals surface area contributed by atoms with Crippen molar-refractivity contribution < 1.29 is 9.13 Å². The third-order valence-corrected chi connectivity index (χ3v) is 6.20. The zero-order chi connectivity index (χ0) is 18.7. The lowest BCUT2D eigenvalue weighted by molar-refractivity contribution is -0.0821. The lowest BCUT2D eigenvalue weighted by atomic mass is 9.79. The number of aromatic nitrogens is 1. The van der Waals surface area contributed by atoms with Gasteiger partial charge in [0.1, 0.15) is 11.9 Å². The van der Waals surface area contributed by atoms with Crippen molar-refractivity contribution in [2.75, 3.05) is 6.61 Å². The second-order valence-corrected chi connectivity index (χ2v) is 8.21. The van der Waals surface area contributed by atoms with Crippen molar-refractivity contribution in [2.24, 2.45) is 0 Å². The Balaban J connectivity index is 1.85. The molecule has 1 aromatic heterocycles. The minimum absolute atomic E-state index is 0.0146. The Morgan fingerprint density at radius 2 is 2.04 bits per heavy atom. The van der Waals surface area contributed by atoms with Crippen LogP contribution in [0.25, 0.3) is 10.9 Å². The van der Waals surface area contributed by atoms with Gasteiger partial charge in [-0.3, -0.25) is 0 Å². The summed E-state index contributed by atoms with van der Waals surface area (Å²) < 4.78 is 23.5. The maximum Gasteiger partial charge on any atom is 0.143 e. The molecule has 3 rings (SSSR count). The molecule has 1 aliphatic carbocycles. The third-order valence-electron chi connectivity index (χ3n) is 5.57. The molecule has 2 aromatic rings. The Morgan fingerprint density at radius 3 is 2.65 bits per heavy atom. The Bertz CT molecular complexity index is 816. The van der Waals surface area contributed by atoms with Crippen molar-refractivity contribution in [1.29, 1.82) is 5.26 Å². The lowest BCUT2D eigenvalue weighted by Crippen LogP contribution is -2.38. The van der Waals surface area contributed by atoms with Gasteiger partial charge in [-0.15, -0.1) is 0 Å². The van der Waals surface area contributed by atoms with Gasteiger partial charge in [0.15, 0.2) is 0 Å². The van der Waals surface area contributed by atoms with Gasteiger partial charge >= 0.3 is 0 Å². The fraction of sp³-hybridized carbons (Fsp3) is 0.571. The van der Waals surface area contributed by atoms with Gasteiger partial charge in [-0.25, -0.2) is 4.39 Å². The molecular formula is C21H26BrFN2O. The van der Waals surface area contributed by atoms with Crippen LogP contribution in [0.15, 0.2) is 22.8 Å². The van der Waals surface area contributed by atoms with E-state index in [1.54, 1.807) is 6.07 Å². The van der Waals surface area contributed by atoms with Crippen molar-refractivity contribution >= 4 is 26.8 Å². The molecule has 0 saturated heterocycles. The molecule has 1 aromatic carbocycles. The fourth-order valence-corrected chi connectivity index (χ4v) is 4.80. The number of nitrogens with zero attached hydrogens (tertiary/aromatic N) is 2. The van der Waals surface area contributed by atoms with E-state index in [-0.39, 0.29) is 11.2 Å². The smallest absolute Gasteiger partial charge is 0.143 e. The summed E-state index contributed by atoms with van der Waals surface area (Å²) in [5.74, 6) is -0.450. The van der Waals surface area contributed by atoms with Crippen molar-refractivity contribution in [2.45, 2.75) is 70.4 Å². The predicted molar refractivity (Wildman–Crippen MR) is 106 cm³/mol. The molecule has 1 heterocycles. The number of hydrogen-bond acceptors (Lipinski definition) is 2. The quantitative estimate of drug-likeness (QED) is 0.534. The molecule has 140 valence electrons. The first-order valence-corrected chi connectivity index (χ1v) is 10.4. The van der Waals surface area contributed by atoms with E-state index in [1.165, 1.54) is 6.07 Å². The number of hydrogen-bond donors (Lipinski definition) is 0. The van der Waals surface area contributed by atoms with Gasteiger partial charge in [-0.1, -0.05) is 20.3 Å². The summed E-state index contributed by atoms with van der Waals surface area (Å²) in [6.07, 6.45) is 9.47. The molecule has 1 saturated carbocycles. The molecule has 1 aliphatic rings. The van der Waals surface area contributed by atoms with Crippen LogP contribution in [0.1, 0.15) is 70.4 Å². The molecule has 5 heteroatoms. The first kappa shape index (κ1) is 19.4. The average Bonchev–Trinajstić information content (AvgIpc) is 2.96. The molecule has 0 amide bonds. The number of nitriles is 1. The van der Waals surface area contributed by atoms with Gasteiger partial charge in [-0.2, -0.15) is 5.26 Å². The van der Waals surface area contributed by atoms with Gasteiger partial charge in [0.25, 0.3) is 0 Å². The molecule has 0 atom stereocenters. The van der Waals surface area contributed by atoms with E-state index >= 15 is 0 Å². The molecule has 0 aliphatic heterocycles. The Morgan fingerprint density at radius 1 is 1.31 bits per heavy atom. The lowest BCUT2D eigenvalue weighted by Gasteiger charge is -2.40. The molecule has 3 nitrogen and oxygen atoms in total. The number of halogens is 2. The molecular weight excluding hydrogens is 395 g/mol. The van der Waals surface area contributed by atoms with Gasteiger partial charge in [-0.05, 0) is 66.6 Å². The summed E-state index contributed by atoms with van der Waals surface area (Å²) in [5, 5.41) is 9.98. The van der Waals surface area contributed by atoms with Crippen LogP contribution < -0.4 is 0 Å². The highest BCUT2D eigenvalue weighted by atomic mass is 79.9. The second kappa shape index (κ2) is 8.10. The second-order valence-electron chi connectivity index (χ2n) is 7.36. The van der Waals surface area contributed by atoms with Crippen molar-refractivity contribution in [3.8, 4) is 6.07 Å². The Hall–Kier alpha value is -1.38. The summed E-state index contributed by atoms with van der Waals surface area (Å²) in [6.45, 7) is 5.19. The molecule has 0 N–H and O–H groups in total. The maximum atomic E-state index is 14.2. The van der Waals surface area contributed by atoms with Crippen LogP contribution in [0.2, 0.25) is 0 Å². The predicted octanol–water partition coefficient (Wildman–Crippen LogP) is 6.50. The van der Waals surface area contributed by atoms with E-state index in [9.17, 15) is 4.39 Å².